The van der Waals surface area contributed by atoms with Gasteiger partial charge in [0.1, 0.15) is 0 Å². The number of benzene rings is 3. The highest BCUT2D eigenvalue weighted by atomic mass is 16.4. The maximum atomic E-state index is 13.1. The number of Topliss-reactive ketones (excluding diaryl/α,β-unsaturated/α-hetero) is 1. The van der Waals surface area contributed by atoms with Crippen molar-refractivity contribution in [2.45, 2.75) is 65.0 Å². The number of carboxylic acids is 1. The summed E-state index contributed by atoms with van der Waals surface area (Å²) in [6, 6.07) is 22.8. The van der Waals surface area contributed by atoms with E-state index in [2.05, 4.69) is 58.3 Å². The fourth-order valence-corrected chi connectivity index (χ4v) is 6.40. The predicted molar refractivity (Wildman–Crippen MR) is 160 cm³/mol. The highest BCUT2D eigenvalue weighted by Gasteiger charge is 2.21. The minimum Gasteiger partial charge on any atom is -0.478 e. The number of nitrogens with zero attached hydrogens (tertiary/aromatic N) is 2. The largest absolute Gasteiger partial charge is 0.478 e. The van der Waals surface area contributed by atoms with Crippen LogP contribution >= 0.6 is 0 Å². The van der Waals surface area contributed by atoms with Gasteiger partial charge in [-0.15, -0.1) is 0 Å². The summed E-state index contributed by atoms with van der Waals surface area (Å²) in [5.74, 6) is 0.102. The van der Waals surface area contributed by atoms with Gasteiger partial charge in [-0.05, 0) is 104 Å². The van der Waals surface area contributed by atoms with Crippen LogP contribution in [0.1, 0.15) is 80.6 Å². The van der Waals surface area contributed by atoms with E-state index in [0.717, 1.165) is 76.1 Å². The highest BCUT2D eigenvalue weighted by molar-refractivity contribution is 5.96. The van der Waals surface area contributed by atoms with E-state index in [0.29, 0.717) is 17.9 Å². The Morgan fingerprint density at radius 1 is 0.800 bits per heavy atom. The van der Waals surface area contributed by atoms with Crippen LogP contribution in [-0.2, 0) is 25.9 Å². The van der Waals surface area contributed by atoms with E-state index in [1.54, 1.807) is 6.07 Å². The number of aryl methyl sites for hydroxylation is 1. The van der Waals surface area contributed by atoms with Gasteiger partial charge in [0, 0.05) is 38.2 Å². The lowest BCUT2D eigenvalue weighted by Crippen LogP contribution is -2.33. The molecular formula is C35H42N2O3. The van der Waals surface area contributed by atoms with Gasteiger partial charge in [0.25, 0.3) is 0 Å². The molecule has 5 nitrogen and oxygen atoms in total. The molecule has 0 spiro atoms. The van der Waals surface area contributed by atoms with E-state index in [4.69, 9.17) is 0 Å². The molecule has 1 fully saturated rings. The molecule has 3 aromatic carbocycles. The summed E-state index contributed by atoms with van der Waals surface area (Å²) in [5.41, 5.74) is 7.37. The lowest BCUT2D eigenvalue weighted by Gasteiger charge is -2.32. The molecule has 0 radical (unpaired) electrons. The summed E-state index contributed by atoms with van der Waals surface area (Å²) in [4.78, 5) is 29.3. The predicted octanol–water partition coefficient (Wildman–Crippen LogP) is 6.56. The normalized spacial score (nSPS) is 16.8. The van der Waals surface area contributed by atoms with E-state index in [-0.39, 0.29) is 5.78 Å². The van der Waals surface area contributed by atoms with Crippen molar-refractivity contribution in [2.75, 3.05) is 26.2 Å². The monoisotopic (exact) mass is 538 g/mol. The molecule has 5 rings (SSSR count). The number of aromatic carboxylic acids is 1. The van der Waals surface area contributed by atoms with E-state index in [1.165, 1.54) is 35.1 Å². The smallest absolute Gasteiger partial charge is 0.335 e. The average Bonchev–Trinajstić information content (AvgIpc) is 3.16. The molecule has 0 unspecified atom stereocenters. The van der Waals surface area contributed by atoms with Gasteiger partial charge in [-0.3, -0.25) is 14.6 Å². The highest BCUT2D eigenvalue weighted by Crippen LogP contribution is 2.26. The fraction of sp³-hybridized carbons (Fsp3) is 0.429. The Morgan fingerprint density at radius 2 is 1.50 bits per heavy atom. The molecule has 1 saturated heterocycles. The third-order valence-electron chi connectivity index (χ3n) is 8.82. The third kappa shape index (κ3) is 7.47. The Balaban J connectivity index is 1.04. The Hall–Kier alpha value is -3.28. The molecular weight excluding hydrogens is 496 g/mol. The molecule has 210 valence electrons. The Morgan fingerprint density at radius 3 is 2.23 bits per heavy atom. The van der Waals surface area contributed by atoms with E-state index >= 15 is 0 Å². The van der Waals surface area contributed by atoms with Gasteiger partial charge in [0.15, 0.2) is 5.78 Å². The van der Waals surface area contributed by atoms with Crippen LogP contribution in [-0.4, -0.2) is 52.8 Å². The van der Waals surface area contributed by atoms with Crippen molar-refractivity contribution in [1.82, 2.24) is 9.80 Å². The summed E-state index contributed by atoms with van der Waals surface area (Å²) in [6.45, 7) is 7.94. The lowest BCUT2D eigenvalue weighted by atomic mass is 9.90. The molecule has 40 heavy (non-hydrogen) atoms. The Kier molecular flexibility index (Phi) is 9.45. The van der Waals surface area contributed by atoms with Crippen LogP contribution in [0.5, 0.6) is 0 Å². The molecule has 0 atom stereocenters. The molecule has 2 heterocycles. The first-order valence-electron chi connectivity index (χ1n) is 14.9. The number of rotatable bonds is 10. The minimum absolute atomic E-state index is 0.283. The van der Waals surface area contributed by atoms with Crippen LogP contribution in [0.2, 0.25) is 0 Å². The van der Waals surface area contributed by atoms with Gasteiger partial charge in [0.2, 0.25) is 0 Å². The third-order valence-corrected chi connectivity index (χ3v) is 8.82. The zero-order valence-corrected chi connectivity index (χ0v) is 23.8. The molecule has 0 aliphatic carbocycles. The molecule has 2 aliphatic heterocycles. The topological polar surface area (TPSA) is 60.9 Å². The molecule has 2 aliphatic rings. The van der Waals surface area contributed by atoms with E-state index < -0.39 is 5.97 Å². The molecule has 0 bridgehead atoms. The van der Waals surface area contributed by atoms with Crippen LogP contribution in [0.4, 0.5) is 0 Å². The summed E-state index contributed by atoms with van der Waals surface area (Å²) in [5, 5.41) is 9.25. The van der Waals surface area contributed by atoms with Gasteiger partial charge < -0.3 is 5.11 Å². The zero-order chi connectivity index (χ0) is 27.9. The lowest BCUT2D eigenvalue weighted by molar-refractivity contribution is 0.0695. The van der Waals surface area contributed by atoms with Crippen molar-refractivity contribution >= 4 is 11.8 Å². The second-order valence-electron chi connectivity index (χ2n) is 11.7. The minimum atomic E-state index is -0.865. The van der Waals surface area contributed by atoms with Gasteiger partial charge in [-0.1, -0.05) is 54.6 Å². The number of hydrogen-bond acceptors (Lipinski definition) is 4. The van der Waals surface area contributed by atoms with Gasteiger partial charge in [-0.25, -0.2) is 4.79 Å². The van der Waals surface area contributed by atoms with Crippen molar-refractivity contribution < 1.29 is 14.7 Å². The van der Waals surface area contributed by atoms with Crippen molar-refractivity contribution in [1.29, 1.82) is 0 Å². The van der Waals surface area contributed by atoms with Gasteiger partial charge in [0.05, 0.1) is 5.56 Å². The number of likely N-dealkylation sites (tertiary alicyclic amines) is 1. The number of ketones is 1. The summed E-state index contributed by atoms with van der Waals surface area (Å²) in [7, 11) is 0. The molecule has 0 amide bonds. The van der Waals surface area contributed by atoms with Crippen molar-refractivity contribution in [3.63, 3.8) is 0 Å². The SMILES string of the molecule is Cc1cc(CN2CCC(CCCC(=O)c3ccc4c(c3)CCN(Cc3ccccc3)CC4)CC2)ccc1C(=O)O. The molecule has 1 N–H and O–H groups in total. The molecule has 5 heteroatoms. The maximum absolute atomic E-state index is 13.1. The molecule has 0 aromatic heterocycles. The first-order valence-corrected chi connectivity index (χ1v) is 14.9. The van der Waals surface area contributed by atoms with Crippen LogP contribution < -0.4 is 0 Å². The van der Waals surface area contributed by atoms with Gasteiger partial charge in [-0.2, -0.15) is 0 Å². The van der Waals surface area contributed by atoms with Crippen molar-refractivity contribution in [2.24, 2.45) is 5.92 Å². The summed E-state index contributed by atoms with van der Waals surface area (Å²) >= 11 is 0. The van der Waals surface area contributed by atoms with E-state index in [1.807, 2.05) is 19.1 Å². The zero-order valence-electron chi connectivity index (χ0n) is 23.8. The Bertz CT molecular complexity index is 1310. The Labute approximate surface area is 238 Å². The maximum Gasteiger partial charge on any atom is 0.335 e. The van der Waals surface area contributed by atoms with E-state index in [9.17, 15) is 14.7 Å². The van der Waals surface area contributed by atoms with Gasteiger partial charge >= 0.3 is 5.97 Å². The van der Waals surface area contributed by atoms with Crippen molar-refractivity contribution in [3.05, 3.63) is 106 Å². The second kappa shape index (κ2) is 13.4. The van der Waals surface area contributed by atoms with Crippen molar-refractivity contribution in [3.8, 4) is 0 Å². The first-order chi connectivity index (χ1) is 19.4. The van der Waals surface area contributed by atoms with Crippen LogP contribution in [0, 0.1) is 12.8 Å². The fourth-order valence-electron chi connectivity index (χ4n) is 6.40. The average molecular weight is 539 g/mol. The van der Waals surface area contributed by atoms with Crippen LogP contribution in [0.15, 0.2) is 66.7 Å². The number of carboxylic acid groups (broad SMARTS) is 1. The quantitative estimate of drug-likeness (QED) is 0.296. The van der Waals surface area contributed by atoms with Crippen LogP contribution in [0.25, 0.3) is 0 Å². The van der Waals surface area contributed by atoms with Crippen LogP contribution in [0.3, 0.4) is 0 Å². The standard InChI is InChI=1S/C35H42N2O3/c1-26-22-29(10-13-33(26)35(39)40)25-36-18-14-27(15-19-36)8-5-9-34(38)32-12-11-30-16-20-37(21-17-31(30)23-32)24-28-6-3-2-4-7-28/h2-4,6-7,10-13,22-23,27H,5,8-9,14-21,24-25H2,1H3,(H,39,40). The molecule has 0 saturated carbocycles. The number of carbonyl (C=O) groups is 2. The number of hydrogen-bond donors (Lipinski definition) is 1. The second-order valence-corrected chi connectivity index (χ2v) is 11.7. The number of piperidine rings is 1. The molecule has 3 aromatic rings. The summed E-state index contributed by atoms with van der Waals surface area (Å²) < 4.78 is 0. The number of carbonyl (C=O) groups excluding carboxylic acids is 1. The number of fused-ring (bicyclic) bond motifs is 1. The first kappa shape index (κ1) is 28.3. The summed E-state index contributed by atoms with van der Waals surface area (Å²) in [6.07, 6.45) is 7.09.